The standard InChI is InChI=1S/C3H6IN3/c1-6-3(4)7-2-5/h2H,1H3,(H2,5,6,7). The fourth-order valence-electron chi connectivity index (χ4n) is 0.124. The van der Waals surface area contributed by atoms with Gasteiger partial charge in [0, 0.05) is 7.05 Å². The number of rotatable bonds is 1. The summed E-state index contributed by atoms with van der Waals surface area (Å²) in [6, 6.07) is 0. The fourth-order valence-corrected chi connectivity index (χ4v) is 0.280. The summed E-state index contributed by atoms with van der Waals surface area (Å²) >= 11 is 1.99. The van der Waals surface area contributed by atoms with Crippen molar-refractivity contribution in [2.45, 2.75) is 0 Å². The van der Waals surface area contributed by atoms with Gasteiger partial charge in [-0.05, 0) is 22.6 Å². The predicted octanol–water partition coefficient (Wildman–Crippen LogP) is 0.604. The molecule has 0 aromatic carbocycles. The van der Waals surface area contributed by atoms with E-state index in [0.29, 0.717) is 0 Å². The van der Waals surface area contributed by atoms with Gasteiger partial charge in [0.2, 0.25) is 0 Å². The fraction of sp³-hybridized carbons (Fsp3) is 0.333. The molecule has 0 rings (SSSR count). The Kier molecular flexibility index (Phi) is 3.97. The number of halogens is 1. The van der Waals surface area contributed by atoms with Gasteiger partial charge in [-0.15, -0.1) is 0 Å². The largest absolute Gasteiger partial charge is 0.327 e. The van der Waals surface area contributed by atoms with E-state index in [1.807, 2.05) is 22.6 Å². The highest BCUT2D eigenvalue weighted by atomic mass is 127. The minimum absolute atomic E-state index is 0.729. The van der Waals surface area contributed by atoms with Gasteiger partial charge < -0.3 is 5.32 Å². The Morgan fingerprint density at radius 1 is 2.00 bits per heavy atom. The van der Waals surface area contributed by atoms with Crippen LogP contribution >= 0.6 is 22.6 Å². The summed E-state index contributed by atoms with van der Waals surface area (Å²) in [6.45, 7) is 0. The number of nitrogens with one attached hydrogen (secondary N) is 2. The first kappa shape index (κ1) is 6.87. The van der Waals surface area contributed by atoms with Gasteiger partial charge in [0.15, 0.2) is 3.84 Å². The monoisotopic (exact) mass is 211 g/mol. The maximum atomic E-state index is 6.51. The van der Waals surface area contributed by atoms with Crippen LogP contribution in [0.4, 0.5) is 0 Å². The molecule has 0 saturated heterocycles. The number of nitrogens with zero attached hydrogens (tertiary/aromatic N) is 1. The SMILES string of the molecule is CN=C(I)NC=N. The Labute approximate surface area is 55.9 Å². The second kappa shape index (κ2) is 4.04. The van der Waals surface area contributed by atoms with Crippen LogP contribution in [0.15, 0.2) is 4.99 Å². The van der Waals surface area contributed by atoms with Crippen molar-refractivity contribution in [3.05, 3.63) is 0 Å². The third kappa shape index (κ3) is 3.71. The van der Waals surface area contributed by atoms with Gasteiger partial charge >= 0.3 is 0 Å². The van der Waals surface area contributed by atoms with Crippen molar-refractivity contribution in [1.82, 2.24) is 5.32 Å². The summed E-state index contributed by atoms with van der Waals surface area (Å²) in [5, 5.41) is 9.09. The van der Waals surface area contributed by atoms with Crippen molar-refractivity contribution in [2.24, 2.45) is 4.99 Å². The van der Waals surface area contributed by atoms with E-state index in [2.05, 4.69) is 10.3 Å². The van der Waals surface area contributed by atoms with Gasteiger partial charge in [-0.25, -0.2) is 0 Å². The third-order valence-electron chi connectivity index (χ3n) is 0.388. The number of hydrogen-bond acceptors (Lipinski definition) is 2. The topological polar surface area (TPSA) is 48.2 Å². The minimum atomic E-state index is 0.729. The van der Waals surface area contributed by atoms with E-state index in [9.17, 15) is 0 Å². The molecule has 0 radical (unpaired) electrons. The average molecular weight is 211 g/mol. The molecule has 0 aromatic heterocycles. The molecule has 3 nitrogen and oxygen atoms in total. The van der Waals surface area contributed by atoms with E-state index in [1.165, 1.54) is 0 Å². The van der Waals surface area contributed by atoms with Crippen LogP contribution in [0.5, 0.6) is 0 Å². The number of aliphatic imine (C=N–C) groups is 1. The van der Waals surface area contributed by atoms with E-state index >= 15 is 0 Å². The van der Waals surface area contributed by atoms with Crippen LogP contribution in [0.2, 0.25) is 0 Å². The first-order chi connectivity index (χ1) is 3.31. The summed E-state index contributed by atoms with van der Waals surface area (Å²) in [6.07, 6.45) is 1.09. The molecular weight excluding hydrogens is 205 g/mol. The van der Waals surface area contributed by atoms with Crippen molar-refractivity contribution in [2.75, 3.05) is 7.05 Å². The average Bonchev–Trinajstić information content (AvgIpc) is 1.68. The zero-order valence-corrected chi connectivity index (χ0v) is 6.06. The van der Waals surface area contributed by atoms with Gasteiger partial charge in [-0.2, -0.15) is 0 Å². The Morgan fingerprint density at radius 2 is 2.57 bits per heavy atom. The smallest absolute Gasteiger partial charge is 0.164 e. The predicted molar refractivity (Wildman–Crippen MR) is 39.3 cm³/mol. The lowest BCUT2D eigenvalue weighted by Crippen LogP contribution is -2.13. The van der Waals surface area contributed by atoms with E-state index < -0.39 is 0 Å². The second-order valence-electron chi connectivity index (χ2n) is 0.803. The molecule has 0 unspecified atom stereocenters. The maximum Gasteiger partial charge on any atom is 0.164 e. The molecule has 0 saturated carbocycles. The molecule has 0 bridgehead atoms. The molecule has 4 heteroatoms. The quantitative estimate of drug-likeness (QED) is 0.284. The summed E-state index contributed by atoms with van der Waals surface area (Å²) in [4.78, 5) is 3.72. The van der Waals surface area contributed by atoms with Crippen LogP contribution in [0.25, 0.3) is 0 Å². The van der Waals surface area contributed by atoms with E-state index in [1.54, 1.807) is 7.05 Å². The lowest BCUT2D eigenvalue weighted by Gasteiger charge is -1.88. The van der Waals surface area contributed by atoms with Crippen molar-refractivity contribution in [3.63, 3.8) is 0 Å². The normalized spacial score (nSPS) is 10.9. The highest BCUT2D eigenvalue weighted by molar-refractivity contribution is 14.1. The van der Waals surface area contributed by atoms with Crippen LogP contribution in [-0.2, 0) is 0 Å². The summed E-state index contributed by atoms with van der Waals surface area (Å²) in [7, 11) is 1.66. The van der Waals surface area contributed by atoms with Gasteiger partial charge in [0.05, 0.1) is 6.34 Å². The van der Waals surface area contributed by atoms with Gasteiger partial charge in [-0.1, -0.05) is 0 Å². The van der Waals surface area contributed by atoms with Crippen LogP contribution in [0.3, 0.4) is 0 Å². The van der Waals surface area contributed by atoms with Crippen molar-refractivity contribution in [1.29, 1.82) is 5.41 Å². The zero-order chi connectivity index (χ0) is 5.70. The molecule has 0 heterocycles. The third-order valence-corrected chi connectivity index (χ3v) is 1.18. The molecule has 0 atom stereocenters. The van der Waals surface area contributed by atoms with E-state index in [0.717, 1.165) is 10.2 Å². The molecule has 0 amide bonds. The Balaban J connectivity index is 3.36. The second-order valence-corrected chi connectivity index (χ2v) is 1.82. The van der Waals surface area contributed by atoms with Crippen molar-refractivity contribution in [3.8, 4) is 0 Å². The van der Waals surface area contributed by atoms with Crippen molar-refractivity contribution < 1.29 is 0 Å². The van der Waals surface area contributed by atoms with Gasteiger partial charge in [0.1, 0.15) is 0 Å². The lowest BCUT2D eigenvalue weighted by atomic mass is 11.1. The van der Waals surface area contributed by atoms with Gasteiger partial charge in [-0.3, -0.25) is 10.4 Å². The lowest BCUT2D eigenvalue weighted by molar-refractivity contribution is 1.34. The maximum absolute atomic E-state index is 6.51. The molecule has 40 valence electrons. The summed E-state index contributed by atoms with van der Waals surface area (Å²) in [5.74, 6) is 0. The first-order valence-electron chi connectivity index (χ1n) is 1.69. The molecular formula is C3H6IN3. The molecule has 0 fully saturated rings. The summed E-state index contributed by atoms with van der Waals surface area (Å²) in [5.41, 5.74) is 0. The Bertz CT molecular complexity index is 88.2. The Hall–Kier alpha value is -0.130. The zero-order valence-electron chi connectivity index (χ0n) is 3.90. The highest BCUT2D eigenvalue weighted by Crippen LogP contribution is 1.79. The number of amidine groups is 1. The minimum Gasteiger partial charge on any atom is -0.327 e. The molecule has 0 aromatic rings. The molecule has 0 spiro atoms. The van der Waals surface area contributed by atoms with Crippen molar-refractivity contribution >= 4 is 32.8 Å². The van der Waals surface area contributed by atoms with Crippen LogP contribution in [0, 0.1) is 5.41 Å². The van der Waals surface area contributed by atoms with Gasteiger partial charge in [0.25, 0.3) is 0 Å². The Morgan fingerprint density at radius 3 is 2.71 bits per heavy atom. The van der Waals surface area contributed by atoms with E-state index in [4.69, 9.17) is 5.41 Å². The molecule has 2 N–H and O–H groups in total. The molecule has 0 aliphatic carbocycles. The molecule has 0 aliphatic rings. The van der Waals surface area contributed by atoms with Crippen LogP contribution in [-0.4, -0.2) is 17.2 Å². The first-order valence-corrected chi connectivity index (χ1v) is 2.77. The van der Waals surface area contributed by atoms with Crippen LogP contribution in [0.1, 0.15) is 0 Å². The van der Waals surface area contributed by atoms with Crippen LogP contribution < -0.4 is 5.32 Å². The molecule has 0 aliphatic heterocycles. The van der Waals surface area contributed by atoms with E-state index in [-0.39, 0.29) is 0 Å². The number of hydrogen-bond donors (Lipinski definition) is 2. The highest BCUT2D eigenvalue weighted by Gasteiger charge is 1.78. The molecule has 7 heavy (non-hydrogen) atoms. The summed E-state index contributed by atoms with van der Waals surface area (Å²) < 4.78 is 0.729.